The van der Waals surface area contributed by atoms with Crippen molar-refractivity contribution >= 4 is 17.5 Å². The molecule has 0 bridgehead atoms. The van der Waals surface area contributed by atoms with Crippen molar-refractivity contribution in [3.63, 3.8) is 0 Å². The molecule has 0 radical (unpaired) electrons. The third-order valence-electron chi connectivity index (χ3n) is 4.11. The SMILES string of the molecule is CC1CCCC(C(=O)NCC(N)c2ccccc2Cl)C1. The van der Waals surface area contributed by atoms with Gasteiger partial charge < -0.3 is 11.1 Å². The zero-order valence-electron chi connectivity index (χ0n) is 11.9. The van der Waals surface area contributed by atoms with Crippen LogP contribution in [0.15, 0.2) is 24.3 Å². The summed E-state index contributed by atoms with van der Waals surface area (Å²) in [5, 5.41) is 3.63. The summed E-state index contributed by atoms with van der Waals surface area (Å²) in [6.45, 7) is 2.66. The first-order valence-electron chi connectivity index (χ1n) is 7.35. The van der Waals surface area contributed by atoms with Crippen molar-refractivity contribution in [2.45, 2.75) is 38.6 Å². The van der Waals surface area contributed by atoms with E-state index in [-0.39, 0.29) is 17.9 Å². The molecule has 0 saturated heterocycles. The van der Waals surface area contributed by atoms with E-state index in [1.807, 2.05) is 24.3 Å². The van der Waals surface area contributed by atoms with Crippen LogP contribution in [0.4, 0.5) is 0 Å². The molecule has 2 rings (SSSR count). The number of carbonyl (C=O) groups is 1. The number of hydrogen-bond acceptors (Lipinski definition) is 2. The van der Waals surface area contributed by atoms with Crippen molar-refractivity contribution in [1.82, 2.24) is 5.32 Å². The molecule has 1 fully saturated rings. The van der Waals surface area contributed by atoms with E-state index >= 15 is 0 Å². The minimum absolute atomic E-state index is 0.138. The Labute approximate surface area is 125 Å². The monoisotopic (exact) mass is 294 g/mol. The molecule has 0 aromatic heterocycles. The lowest BCUT2D eigenvalue weighted by Crippen LogP contribution is -2.37. The number of carbonyl (C=O) groups excluding carboxylic acids is 1. The first-order chi connectivity index (χ1) is 9.58. The van der Waals surface area contributed by atoms with Gasteiger partial charge in [0.05, 0.1) is 0 Å². The van der Waals surface area contributed by atoms with Crippen LogP contribution in [0, 0.1) is 11.8 Å². The molecule has 0 heterocycles. The summed E-state index contributed by atoms with van der Waals surface area (Å²) in [6.07, 6.45) is 4.38. The van der Waals surface area contributed by atoms with Crippen LogP contribution in [0.25, 0.3) is 0 Å². The second-order valence-corrected chi connectivity index (χ2v) is 6.25. The summed E-state index contributed by atoms with van der Waals surface area (Å²) < 4.78 is 0. The highest BCUT2D eigenvalue weighted by molar-refractivity contribution is 6.31. The Kier molecular flexibility index (Phi) is 5.44. The number of halogens is 1. The van der Waals surface area contributed by atoms with Crippen LogP contribution in [-0.2, 0) is 4.79 Å². The summed E-state index contributed by atoms with van der Waals surface area (Å²) in [5.74, 6) is 0.938. The van der Waals surface area contributed by atoms with Gasteiger partial charge in [-0.2, -0.15) is 0 Å². The Morgan fingerprint density at radius 2 is 2.20 bits per heavy atom. The van der Waals surface area contributed by atoms with Gasteiger partial charge in [-0.15, -0.1) is 0 Å². The lowest BCUT2D eigenvalue weighted by molar-refractivity contribution is -0.126. The number of nitrogens with two attached hydrogens (primary N) is 1. The van der Waals surface area contributed by atoms with Gasteiger partial charge in [0, 0.05) is 23.5 Å². The Balaban J connectivity index is 1.85. The van der Waals surface area contributed by atoms with Gasteiger partial charge in [0.1, 0.15) is 0 Å². The molecule has 1 aliphatic rings. The zero-order chi connectivity index (χ0) is 14.5. The van der Waals surface area contributed by atoms with Gasteiger partial charge >= 0.3 is 0 Å². The molecule has 0 spiro atoms. The van der Waals surface area contributed by atoms with Crippen LogP contribution in [-0.4, -0.2) is 12.5 Å². The largest absolute Gasteiger partial charge is 0.354 e. The van der Waals surface area contributed by atoms with Crippen molar-refractivity contribution in [3.8, 4) is 0 Å². The van der Waals surface area contributed by atoms with E-state index in [9.17, 15) is 4.79 Å². The predicted molar refractivity (Wildman–Crippen MR) is 82.5 cm³/mol. The number of amides is 1. The average Bonchev–Trinajstić information content (AvgIpc) is 2.45. The van der Waals surface area contributed by atoms with Crippen molar-refractivity contribution in [1.29, 1.82) is 0 Å². The summed E-state index contributed by atoms with van der Waals surface area (Å²) in [4.78, 5) is 12.2. The summed E-state index contributed by atoms with van der Waals surface area (Å²) in [6, 6.07) is 7.25. The Morgan fingerprint density at radius 3 is 2.90 bits per heavy atom. The Hall–Kier alpha value is -1.06. The molecule has 110 valence electrons. The van der Waals surface area contributed by atoms with E-state index in [2.05, 4.69) is 12.2 Å². The molecule has 3 nitrogen and oxygen atoms in total. The number of benzene rings is 1. The van der Waals surface area contributed by atoms with Crippen LogP contribution >= 0.6 is 11.6 Å². The van der Waals surface area contributed by atoms with E-state index in [0.29, 0.717) is 17.5 Å². The van der Waals surface area contributed by atoms with Gasteiger partial charge in [0.25, 0.3) is 0 Å². The average molecular weight is 295 g/mol. The van der Waals surface area contributed by atoms with Crippen molar-refractivity contribution in [3.05, 3.63) is 34.9 Å². The maximum absolute atomic E-state index is 12.2. The van der Waals surface area contributed by atoms with E-state index in [1.54, 1.807) is 0 Å². The number of hydrogen-bond donors (Lipinski definition) is 2. The maximum atomic E-state index is 12.2. The maximum Gasteiger partial charge on any atom is 0.223 e. The lowest BCUT2D eigenvalue weighted by atomic mass is 9.82. The summed E-state index contributed by atoms with van der Waals surface area (Å²) in [7, 11) is 0. The first kappa shape index (κ1) is 15.3. The number of rotatable bonds is 4. The third kappa shape index (κ3) is 3.97. The second kappa shape index (κ2) is 7.09. The predicted octanol–water partition coefficient (Wildman–Crippen LogP) is 3.28. The molecule has 3 atom stereocenters. The first-order valence-corrected chi connectivity index (χ1v) is 7.73. The smallest absolute Gasteiger partial charge is 0.223 e. The summed E-state index contributed by atoms with van der Waals surface area (Å²) in [5.41, 5.74) is 6.98. The molecule has 1 saturated carbocycles. The fourth-order valence-electron chi connectivity index (χ4n) is 2.91. The molecule has 20 heavy (non-hydrogen) atoms. The van der Waals surface area contributed by atoms with Crippen molar-refractivity contribution < 1.29 is 4.79 Å². The quantitative estimate of drug-likeness (QED) is 0.895. The van der Waals surface area contributed by atoms with Crippen LogP contribution in [0.3, 0.4) is 0 Å². The molecular weight excluding hydrogens is 272 g/mol. The molecule has 1 amide bonds. The molecule has 1 aliphatic carbocycles. The summed E-state index contributed by atoms with van der Waals surface area (Å²) >= 11 is 6.11. The standard InChI is InChI=1S/C16H23ClN2O/c1-11-5-4-6-12(9-11)16(20)19-10-15(18)13-7-2-3-8-14(13)17/h2-3,7-8,11-12,15H,4-6,9-10,18H2,1H3,(H,19,20). The molecule has 0 aliphatic heterocycles. The highest BCUT2D eigenvalue weighted by Crippen LogP contribution is 2.28. The van der Waals surface area contributed by atoms with Gasteiger partial charge in [-0.3, -0.25) is 4.79 Å². The van der Waals surface area contributed by atoms with Crippen molar-refractivity contribution in [2.24, 2.45) is 17.6 Å². The van der Waals surface area contributed by atoms with Gasteiger partial charge in [-0.1, -0.05) is 49.6 Å². The van der Waals surface area contributed by atoms with Gasteiger partial charge in [-0.25, -0.2) is 0 Å². The van der Waals surface area contributed by atoms with Gasteiger partial charge in [-0.05, 0) is 30.4 Å². The van der Waals surface area contributed by atoms with E-state index < -0.39 is 0 Å². The Bertz CT molecular complexity index is 464. The van der Waals surface area contributed by atoms with Crippen molar-refractivity contribution in [2.75, 3.05) is 6.54 Å². The molecule has 4 heteroatoms. The normalized spacial score (nSPS) is 24.1. The molecule has 3 N–H and O–H groups in total. The minimum Gasteiger partial charge on any atom is -0.354 e. The Morgan fingerprint density at radius 1 is 1.45 bits per heavy atom. The second-order valence-electron chi connectivity index (χ2n) is 5.84. The highest BCUT2D eigenvalue weighted by Gasteiger charge is 2.25. The van der Waals surface area contributed by atoms with Gasteiger partial charge in [0.2, 0.25) is 5.91 Å². The fourth-order valence-corrected chi connectivity index (χ4v) is 3.19. The van der Waals surface area contributed by atoms with Gasteiger partial charge in [0.15, 0.2) is 0 Å². The van der Waals surface area contributed by atoms with E-state index in [4.69, 9.17) is 17.3 Å². The third-order valence-corrected chi connectivity index (χ3v) is 4.45. The van der Waals surface area contributed by atoms with Crippen LogP contribution < -0.4 is 11.1 Å². The molecule has 1 aromatic rings. The zero-order valence-corrected chi connectivity index (χ0v) is 12.7. The van der Waals surface area contributed by atoms with E-state index in [0.717, 1.165) is 24.8 Å². The highest BCUT2D eigenvalue weighted by atomic mass is 35.5. The fraction of sp³-hybridized carbons (Fsp3) is 0.562. The molecule has 3 unspecified atom stereocenters. The number of nitrogens with one attached hydrogen (secondary N) is 1. The minimum atomic E-state index is -0.256. The lowest BCUT2D eigenvalue weighted by Gasteiger charge is -2.26. The van der Waals surface area contributed by atoms with E-state index in [1.165, 1.54) is 6.42 Å². The van der Waals surface area contributed by atoms with Crippen LogP contribution in [0.5, 0.6) is 0 Å². The molecular formula is C16H23ClN2O. The molecule has 1 aromatic carbocycles. The van der Waals surface area contributed by atoms with Crippen LogP contribution in [0.2, 0.25) is 5.02 Å². The topological polar surface area (TPSA) is 55.1 Å². The van der Waals surface area contributed by atoms with Crippen LogP contribution in [0.1, 0.15) is 44.2 Å².